The number of hydrogen-bond acceptors (Lipinski definition) is 4. The Bertz CT molecular complexity index is 509. The lowest BCUT2D eigenvalue weighted by atomic mass is 10.2. The van der Waals surface area contributed by atoms with Gasteiger partial charge in [0.25, 0.3) is 0 Å². The van der Waals surface area contributed by atoms with E-state index in [0.29, 0.717) is 17.2 Å². The lowest BCUT2D eigenvalue weighted by molar-refractivity contribution is 0.194. The van der Waals surface area contributed by atoms with E-state index in [1.165, 1.54) is 0 Å². The van der Waals surface area contributed by atoms with Crippen molar-refractivity contribution in [2.75, 3.05) is 0 Å². The number of para-hydroxylation sites is 1. The molecule has 0 radical (unpaired) electrons. The van der Waals surface area contributed by atoms with E-state index in [2.05, 4.69) is 4.98 Å². The summed E-state index contributed by atoms with van der Waals surface area (Å²) in [6.45, 7) is 1.58. The van der Waals surface area contributed by atoms with Crippen LogP contribution in [0.2, 0.25) is 0 Å². The predicted molar refractivity (Wildman–Crippen MR) is 67.3 cm³/mol. The van der Waals surface area contributed by atoms with Gasteiger partial charge in [0.2, 0.25) is 0 Å². The van der Waals surface area contributed by atoms with Crippen molar-refractivity contribution in [2.24, 2.45) is 0 Å². The quantitative estimate of drug-likeness (QED) is 0.868. The fourth-order valence-electron chi connectivity index (χ4n) is 1.56. The zero-order valence-corrected chi connectivity index (χ0v) is 10.1. The summed E-state index contributed by atoms with van der Waals surface area (Å²) < 4.78 is 5.63. The van der Waals surface area contributed by atoms with Gasteiger partial charge in [-0.3, -0.25) is 4.98 Å². The topological polar surface area (TPSA) is 62.6 Å². The van der Waals surface area contributed by atoms with E-state index in [1.807, 2.05) is 12.1 Å². The average Bonchev–Trinajstić information content (AvgIpc) is 2.40. The van der Waals surface area contributed by atoms with Gasteiger partial charge in [0, 0.05) is 5.56 Å². The highest BCUT2D eigenvalue weighted by Crippen LogP contribution is 2.25. The first-order valence-electron chi connectivity index (χ1n) is 5.71. The molecule has 0 bridgehead atoms. The number of rotatable bonds is 4. The molecule has 0 aliphatic rings. The Morgan fingerprint density at radius 1 is 1.22 bits per heavy atom. The van der Waals surface area contributed by atoms with Crippen molar-refractivity contribution in [1.82, 2.24) is 4.98 Å². The van der Waals surface area contributed by atoms with E-state index in [4.69, 9.17) is 4.74 Å². The predicted octanol–water partition coefficient (Wildman–Crippen LogP) is 2.42. The maximum Gasteiger partial charge on any atom is 0.145 e. The fourth-order valence-corrected chi connectivity index (χ4v) is 1.56. The molecule has 1 aromatic carbocycles. The summed E-state index contributed by atoms with van der Waals surface area (Å²) in [4.78, 5) is 4.09. The van der Waals surface area contributed by atoms with Gasteiger partial charge in [0.05, 0.1) is 24.6 Å². The molecular weight excluding hydrogens is 230 g/mol. The van der Waals surface area contributed by atoms with E-state index in [0.717, 1.165) is 5.56 Å². The Morgan fingerprint density at radius 2 is 2.00 bits per heavy atom. The molecule has 4 nitrogen and oxygen atoms in total. The number of hydrogen-bond donors (Lipinski definition) is 2. The second-order valence-electron chi connectivity index (χ2n) is 3.96. The Hall–Kier alpha value is -1.91. The van der Waals surface area contributed by atoms with Gasteiger partial charge in [0.15, 0.2) is 0 Å². The van der Waals surface area contributed by atoms with E-state index in [-0.39, 0.29) is 6.61 Å². The van der Waals surface area contributed by atoms with Crippen molar-refractivity contribution in [3.05, 3.63) is 53.9 Å². The fraction of sp³-hybridized carbons (Fsp3) is 0.214. The summed E-state index contributed by atoms with van der Waals surface area (Å²) in [5.41, 5.74) is 1.31. The lowest BCUT2D eigenvalue weighted by Crippen LogP contribution is -1.96. The van der Waals surface area contributed by atoms with Gasteiger partial charge in [-0.15, -0.1) is 0 Å². The van der Waals surface area contributed by atoms with Crippen LogP contribution in [0.1, 0.15) is 24.3 Å². The summed E-state index contributed by atoms with van der Waals surface area (Å²) in [6, 6.07) is 10.7. The van der Waals surface area contributed by atoms with Crippen LogP contribution in [0.3, 0.4) is 0 Å². The van der Waals surface area contributed by atoms with Gasteiger partial charge in [-0.05, 0) is 25.1 Å². The minimum absolute atomic E-state index is 0.0740. The van der Waals surface area contributed by atoms with Crippen LogP contribution in [0.5, 0.6) is 11.5 Å². The SMILES string of the molecule is CC(O)c1ccc(Oc2ccccc2CO)cn1. The first-order chi connectivity index (χ1) is 8.70. The molecule has 4 heteroatoms. The van der Waals surface area contributed by atoms with E-state index < -0.39 is 6.10 Å². The Labute approximate surface area is 106 Å². The second-order valence-corrected chi connectivity index (χ2v) is 3.96. The smallest absolute Gasteiger partial charge is 0.145 e. The van der Waals surface area contributed by atoms with Gasteiger partial charge < -0.3 is 14.9 Å². The standard InChI is InChI=1S/C14H15NO3/c1-10(17)13-7-6-12(8-15-13)18-14-5-3-2-4-11(14)9-16/h2-8,10,16-17H,9H2,1H3. The van der Waals surface area contributed by atoms with Crippen molar-refractivity contribution in [1.29, 1.82) is 0 Å². The largest absolute Gasteiger partial charge is 0.455 e. The van der Waals surface area contributed by atoms with Gasteiger partial charge in [-0.1, -0.05) is 18.2 Å². The number of aromatic nitrogens is 1. The van der Waals surface area contributed by atoms with Gasteiger partial charge in [-0.25, -0.2) is 0 Å². The molecule has 1 heterocycles. The van der Waals surface area contributed by atoms with Crippen LogP contribution in [-0.4, -0.2) is 15.2 Å². The first kappa shape index (κ1) is 12.5. The van der Waals surface area contributed by atoms with E-state index >= 15 is 0 Å². The number of ether oxygens (including phenoxy) is 1. The molecule has 0 saturated heterocycles. The Balaban J connectivity index is 2.18. The Kier molecular flexibility index (Phi) is 3.92. The van der Waals surface area contributed by atoms with Crippen molar-refractivity contribution in [3.63, 3.8) is 0 Å². The molecule has 18 heavy (non-hydrogen) atoms. The Morgan fingerprint density at radius 3 is 2.61 bits per heavy atom. The molecule has 0 fully saturated rings. The molecule has 2 aromatic rings. The monoisotopic (exact) mass is 245 g/mol. The minimum Gasteiger partial charge on any atom is -0.455 e. The minimum atomic E-state index is -0.594. The molecule has 0 amide bonds. The lowest BCUT2D eigenvalue weighted by Gasteiger charge is -2.10. The molecule has 0 saturated carbocycles. The number of aliphatic hydroxyl groups is 2. The van der Waals surface area contributed by atoms with Crippen LogP contribution in [0, 0.1) is 0 Å². The molecule has 2 N–H and O–H groups in total. The van der Waals surface area contributed by atoms with Crippen LogP contribution >= 0.6 is 0 Å². The third kappa shape index (κ3) is 2.85. The molecule has 0 aliphatic carbocycles. The van der Waals surface area contributed by atoms with Crippen molar-refractivity contribution in [2.45, 2.75) is 19.6 Å². The van der Waals surface area contributed by atoms with Crippen LogP contribution in [0.15, 0.2) is 42.6 Å². The summed E-state index contributed by atoms with van der Waals surface area (Å²) in [7, 11) is 0. The molecule has 0 spiro atoms. The summed E-state index contributed by atoms with van der Waals surface area (Å²) in [5, 5.41) is 18.5. The van der Waals surface area contributed by atoms with E-state index in [1.54, 1.807) is 37.4 Å². The maximum absolute atomic E-state index is 9.35. The van der Waals surface area contributed by atoms with Crippen LogP contribution < -0.4 is 4.74 Å². The van der Waals surface area contributed by atoms with Gasteiger partial charge >= 0.3 is 0 Å². The highest BCUT2D eigenvalue weighted by molar-refractivity contribution is 5.36. The van der Waals surface area contributed by atoms with Crippen LogP contribution in [0.4, 0.5) is 0 Å². The van der Waals surface area contributed by atoms with Crippen LogP contribution in [-0.2, 0) is 6.61 Å². The maximum atomic E-state index is 9.35. The van der Waals surface area contributed by atoms with Gasteiger partial charge in [0.1, 0.15) is 11.5 Å². The number of benzene rings is 1. The van der Waals surface area contributed by atoms with Crippen molar-refractivity contribution >= 4 is 0 Å². The summed E-state index contributed by atoms with van der Waals surface area (Å²) >= 11 is 0. The highest BCUT2D eigenvalue weighted by atomic mass is 16.5. The number of pyridine rings is 1. The molecule has 1 atom stereocenters. The average molecular weight is 245 g/mol. The van der Waals surface area contributed by atoms with Crippen LogP contribution in [0.25, 0.3) is 0 Å². The zero-order chi connectivity index (χ0) is 13.0. The molecule has 2 rings (SSSR count). The summed E-state index contributed by atoms with van der Waals surface area (Å²) in [5.74, 6) is 1.17. The molecule has 1 unspecified atom stereocenters. The molecule has 94 valence electrons. The second kappa shape index (κ2) is 5.62. The highest BCUT2D eigenvalue weighted by Gasteiger charge is 2.05. The number of aliphatic hydroxyl groups excluding tert-OH is 2. The normalized spacial score (nSPS) is 12.2. The van der Waals surface area contributed by atoms with E-state index in [9.17, 15) is 10.2 Å². The first-order valence-corrected chi connectivity index (χ1v) is 5.71. The molecular formula is C14H15NO3. The third-order valence-corrected chi connectivity index (χ3v) is 2.56. The molecule has 1 aromatic heterocycles. The zero-order valence-electron chi connectivity index (χ0n) is 10.1. The molecule has 0 aliphatic heterocycles. The third-order valence-electron chi connectivity index (χ3n) is 2.56. The summed E-state index contributed by atoms with van der Waals surface area (Å²) in [6.07, 6.45) is 0.958. The number of nitrogens with zero attached hydrogens (tertiary/aromatic N) is 1. The van der Waals surface area contributed by atoms with Gasteiger partial charge in [-0.2, -0.15) is 0 Å². The van der Waals surface area contributed by atoms with Crippen molar-refractivity contribution < 1.29 is 14.9 Å². The van der Waals surface area contributed by atoms with Crippen molar-refractivity contribution in [3.8, 4) is 11.5 Å².